The molecule has 4 aromatic rings. The van der Waals surface area contributed by atoms with Crippen LogP contribution in [0.15, 0.2) is 30.3 Å². The van der Waals surface area contributed by atoms with Gasteiger partial charge in [-0.05, 0) is 43.2 Å². The Morgan fingerprint density at radius 3 is 2.67 bits per heavy atom. The Hall–Kier alpha value is -2.12. The number of nitrogens with zero attached hydrogens (tertiary/aromatic N) is 7. The molecule has 0 radical (unpaired) electrons. The van der Waals surface area contributed by atoms with E-state index in [0.717, 1.165) is 5.56 Å². The number of benzene rings is 1. The van der Waals surface area contributed by atoms with Crippen molar-refractivity contribution in [3.63, 3.8) is 0 Å². The molecule has 0 spiro atoms. The zero-order chi connectivity index (χ0) is 20.8. The number of tetrazole rings is 1. The minimum absolute atomic E-state index is 0. The van der Waals surface area contributed by atoms with Gasteiger partial charge in [0.25, 0.3) is 0 Å². The van der Waals surface area contributed by atoms with E-state index in [0.29, 0.717) is 22.2 Å². The topological polar surface area (TPSA) is 127 Å². The molecule has 1 amide bonds. The predicted molar refractivity (Wildman–Crippen MR) is 97.2 cm³/mol. The summed E-state index contributed by atoms with van der Waals surface area (Å²) >= 11 is 0. The second-order valence-corrected chi connectivity index (χ2v) is 6.55. The molecule has 3 aromatic heterocycles. The average Bonchev–Trinajstić information content (AvgIpc) is 3.32. The normalized spacial score (nSPS) is 11.5. The zero-order valence-corrected chi connectivity index (χ0v) is 19.6. The van der Waals surface area contributed by atoms with Gasteiger partial charge in [0.2, 0.25) is 5.91 Å². The van der Waals surface area contributed by atoms with Crippen molar-refractivity contribution in [2.24, 2.45) is 5.73 Å². The molecule has 148 valence electrons. The number of hydrogen-bond acceptors (Lipinski definition) is 6. The summed E-state index contributed by atoms with van der Waals surface area (Å²) in [5.74, 6) is -4.98. The summed E-state index contributed by atoms with van der Waals surface area (Å²) in [4.78, 5) is 15.9. The second kappa shape index (κ2) is 8.55. The summed E-state index contributed by atoms with van der Waals surface area (Å²) in [5.41, 5.74) is 7.60. The maximum Gasteiger partial charge on any atom is 1.00 e. The number of aromatic nitrogens is 7. The number of rotatable bonds is 5. The van der Waals surface area contributed by atoms with Crippen molar-refractivity contribution in [2.75, 3.05) is 0 Å². The van der Waals surface area contributed by atoms with Gasteiger partial charge in [-0.15, -0.1) is 0 Å². The molecule has 2 N–H and O–H groups in total. The summed E-state index contributed by atoms with van der Waals surface area (Å²) in [5, 5.41) is 17.7. The number of carbonyl (C=O) groups is 1. The maximum atomic E-state index is 14.7. The summed E-state index contributed by atoms with van der Waals surface area (Å²) in [6, 6.07) is 7.88. The monoisotopic (exact) mass is 436 g/mol. The molecule has 4 rings (SSSR count). The van der Waals surface area contributed by atoms with Crippen molar-refractivity contribution in [3.8, 4) is 0 Å². The van der Waals surface area contributed by atoms with Crippen LogP contribution in [0.2, 0.25) is 0 Å². The molecule has 0 aliphatic heterocycles. The van der Waals surface area contributed by atoms with E-state index in [4.69, 9.17) is 5.73 Å². The quantitative estimate of drug-likeness (QED) is 0.377. The van der Waals surface area contributed by atoms with E-state index in [1.54, 1.807) is 19.1 Å². The first-order valence-electron chi connectivity index (χ1n) is 8.59. The minimum atomic E-state index is -3.57. The van der Waals surface area contributed by atoms with Crippen molar-refractivity contribution in [3.05, 3.63) is 64.2 Å². The van der Waals surface area contributed by atoms with E-state index in [1.165, 1.54) is 16.8 Å². The summed E-state index contributed by atoms with van der Waals surface area (Å²) < 4.78 is 30.9. The molecule has 0 aliphatic carbocycles. The van der Waals surface area contributed by atoms with Gasteiger partial charge < -0.3 is 10.8 Å². The fraction of sp³-hybridized carbons (Fsp3) is 0.222. The number of amides is 1. The first-order chi connectivity index (χ1) is 13.8. The molecule has 1 aromatic carbocycles. The third kappa shape index (κ3) is 3.92. The van der Waals surface area contributed by atoms with Crippen LogP contribution in [0, 0.1) is 13.8 Å². The maximum absolute atomic E-state index is 14.7. The Kier molecular flexibility index (Phi) is 6.43. The number of fused-ring (bicyclic) bond motifs is 1. The molecular formula is C18H15F2KN8O. The van der Waals surface area contributed by atoms with Crippen LogP contribution in [0.4, 0.5) is 8.78 Å². The summed E-state index contributed by atoms with van der Waals surface area (Å²) in [6.45, 7) is 3.73. The van der Waals surface area contributed by atoms with Crippen LogP contribution in [-0.2, 0) is 12.5 Å². The van der Waals surface area contributed by atoms with E-state index in [-0.39, 0.29) is 63.6 Å². The van der Waals surface area contributed by atoms with Gasteiger partial charge in [-0.2, -0.15) is 19.1 Å². The van der Waals surface area contributed by atoms with Gasteiger partial charge in [0.05, 0.1) is 18.1 Å². The van der Waals surface area contributed by atoms with E-state index < -0.39 is 23.3 Å². The van der Waals surface area contributed by atoms with Crippen LogP contribution in [0.5, 0.6) is 0 Å². The Bertz CT molecular complexity index is 1220. The van der Waals surface area contributed by atoms with Crippen molar-refractivity contribution < 1.29 is 65.0 Å². The minimum Gasteiger partial charge on any atom is -0.366 e. The first-order valence-corrected chi connectivity index (χ1v) is 8.59. The number of hydrogen-bond donors (Lipinski definition) is 1. The van der Waals surface area contributed by atoms with Crippen LogP contribution in [0.1, 0.15) is 38.7 Å². The van der Waals surface area contributed by atoms with Crippen LogP contribution in [-0.4, -0.2) is 36.2 Å². The smallest absolute Gasteiger partial charge is 0.366 e. The van der Waals surface area contributed by atoms with Crippen molar-refractivity contribution >= 4 is 16.9 Å². The van der Waals surface area contributed by atoms with E-state index in [1.807, 2.05) is 13.0 Å². The molecule has 0 bridgehead atoms. The average molecular weight is 436 g/mol. The van der Waals surface area contributed by atoms with Gasteiger partial charge in [-0.25, -0.2) is 9.67 Å². The molecular weight excluding hydrogens is 421 g/mol. The number of pyridine rings is 1. The van der Waals surface area contributed by atoms with Gasteiger partial charge in [0.15, 0.2) is 5.65 Å². The summed E-state index contributed by atoms with van der Waals surface area (Å²) in [7, 11) is 0. The van der Waals surface area contributed by atoms with Crippen molar-refractivity contribution in [2.45, 2.75) is 26.3 Å². The van der Waals surface area contributed by atoms with Gasteiger partial charge in [-0.3, -0.25) is 15.1 Å². The third-order valence-electron chi connectivity index (χ3n) is 4.69. The molecule has 0 aliphatic rings. The molecule has 9 nitrogen and oxygen atoms in total. The number of primary amides is 1. The fourth-order valence-electron chi connectivity index (χ4n) is 3.17. The molecule has 0 unspecified atom stereocenters. The number of carbonyl (C=O) groups excluding carboxylic acids is 1. The van der Waals surface area contributed by atoms with Crippen LogP contribution in [0.3, 0.4) is 0 Å². The Morgan fingerprint density at radius 2 is 2.00 bits per heavy atom. The van der Waals surface area contributed by atoms with Crippen LogP contribution in [0.25, 0.3) is 11.0 Å². The molecule has 3 heterocycles. The third-order valence-corrected chi connectivity index (χ3v) is 4.69. The zero-order valence-electron chi connectivity index (χ0n) is 16.5. The van der Waals surface area contributed by atoms with Crippen molar-refractivity contribution in [1.29, 1.82) is 0 Å². The summed E-state index contributed by atoms with van der Waals surface area (Å²) in [6.07, 6.45) is 0. The second-order valence-electron chi connectivity index (χ2n) is 6.55. The standard InChI is InChI=1S/C18H16F2N8O.K/c1-9-4-3-5-12(15(21)29)13(9)8-28-16-11(10(2)25-28)6-7-14(22-16)18(19,20)17-23-26-27-24-17;/h3-7H,8H2,1-2H3,(H3,21,23,24,26,27,29);/q;+1/p-1. The largest absolute Gasteiger partial charge is 1.00 e. The van der Waals surface area contributed by atoms with Crippen molar-refractivity contribution in [1.82, 2.24) is 35.4 Å². The predicted octanol–water partition coefficient (Wildman–Crippen LogP) is -1.52. The number of halogens is 2. The first kappa shape index (κ1) is 22.6. The van der Waals surface area contributed by atoms with E-state index in [2.05, 4.69) is 30.7 Å². The van der Waals surface area contributed by atoms with Gasteiger partial charge in [0, 0.05) is 10.9 Å². The van der Waals surface area contributed by atoms with Crippen LogP contribution < -0.4 is 62.2 Å². The number of aryl methyl sites for hydroxylation is 2. The Morgan fingerprint density at radius 1 is 1.23 bits per heavy atom. The Labute approximate surface area is 211 Å². The molecule has 12 heteroatoms. The molecule has 0 saturated heterocycles. The number of nitrogens with two attached hydrogens (primary N) is 1. The Balaban J connectivity index is 0.00000256. The number of alkyl halides is 2. The molecule has 0 saturated carbocycles. The van der Waals surface area contributed by atoms with Gasteiger partial charge >= 0.3 is 57.3 Å². The van der Waals surface area contributed by atoms with E-state index in [9.17, 15) is 13.6 Å². The molecule has 0 atom stereocenters. The van der Waals surface area contributed by atoms with E-state index >= 15 is 0 Å². The SMILES string of the molecule is Cc1cccc(C(N)=O)c1Cn1nc(C)c2ccc(C(F)(F)c3nnn[n-]3)nc21.[K+]. The molecule has 30 heavy (non-hydrogen) atoms. The molecule has 0 fully saturated rings. The fourth-order valence-corrected chi connectivity index (χ4v) is 3.17. The van der Waals surface area contributed by atoms with Gasteiger partial charge in [0.1, 0.15) is 5.69 Å². The van der Waals surface area contributed by atoms with Crippen LogP contribution >= 0.6 is 0 Å². The van der Waals surface area contributed by atoms with Gasteiger partial charge in [-0.1, -0.05) is 12.1 Å².